The average Bonchev–Trinajstić information content (AvgIpc) is 2.43. The molecule has 1 fully saturated rings. The Balaban J connectivity index is 1.51. The summed E-state index contributed by atoms with van der Waals surface area (Å²) in [6, 6.07) is 10.6. The van der Waals surface area contributed by atoms with E-state index in [4.69, 9.17) is 4.74 Å². The maximum absolute atomic E-state index is 6.04. The van der Waals surface area contributed by atoms with Crippen LogP contribution in [0.25, 0.3) is 0 Å². The van der Waals surface area contributed by atoms with Crippen molar-refractivity contribution in [2.24, 2.45) is 11.8 Å². The molecule has 0 spiro atoms. The fourth-order valence-electron chi connectivity index (χ4n) is 3.28. The molecule has 1 aromatic carbocycles. The standard InChI is InChI=1S/C18H29NO/c1-15-11-16(2)13-18(12-15)20-10-6-9-19-14-17-7-4-3-5-8-17/h3-5,7-8,15-16,18-19H,6,9-14H2,1-2H3. The van der Waals surface area contributed by atoms with Gasteiger partial charge in [0, 0.05) is 13.2 Å². The highest BCUT2D eigenvalue weighted by Gasteiger charge is 2.23. The summed E-state index contributed by atoms with van der Waals surface area (Å²) in [5, 5.41) is 3.48. The molecule has 2 atom stereocenters. The average molecular weight is 275 g/mol. The zero-order chi connectivity index (χ0) is 14.2. The molecule has 2 unspecified atom stereocenters. The smallest absolute Gasteiger partial charge is 0.0580 e. The van der Waals surface area contributed by atoms with Gasteiger partial charge in [0.2, 0.25) is 0 Å². The van der Waals surface area contributed by atoms with E-state index in [-0.39, 0.29) is 0 Å². The highest BCUT2D eigenvalue weighted by Crippen LogP contribution is 2.30. The van der Waals surface area contributed by atoms with Gasteiger partial charge in [-0.3, -0.25) is 0 Å². The molecule has 1 aliphatic carbocycles. The second kappa shape index (κ2) is 8.43. The zero-order valence-electron chi connectivity index (χ0n) is 13.0. The lowest BCUT2D eigenvalue weighted by atomic mass is 9.82. The Labute approximate surface area is 123 Å². The van der Waals surface area contributed by atoms with Crippen molar-refractivity contribution < 1.29 is 4.74 Å². The van der Waals surface area contributed by atoms with Crippen LogP contribution in [0.3, 0.4) is 0 Å². The number of ether oxygens (including phenoxy) is 1. The summed E-state index contributed by atoms with van der Waals surface area (Å²) >= 11 is 0. The lowest BCUT2D eigenvalue weighted by Crippen LogP contribution is -2.27. The van der Waals surface area contributed by atoms with Crippen LogP contribution in [-0.2, 0) is 11.3 Å². The second-order valence-corrected chi connectivity index (χ2v) is 6.43. The van der Waals surface area contributed by atoms with Crippen LogP contribution in [0.4, 0.5) is 0 Å². The summed E-state index contributed by atoms with van der Waals surface area (Å²) in [7, 11) is 0. The third kappa shape index (κ3) is 5.64. The van der Waals surface area contributed by atoms with Crippen LogP contribution < -0.4 is 5.32 Å². The fraction of sp³-hybridized carbons (Fsp3) is 0.667. The van der Waals surface area contributed by atoms with Gasteiger partial charge in [-0.05, 0) is 49.6 Å². The molecule has 112 valence electrons. The van der Waals surface area contributed by atoms with Gasteiger partial charge in [-0.1, -0.05) is 44.2 Å². The number of benzene rings is 1. The molecular formula is C18H29NO. The predicted molar refractivity (Wildman–Crippen MR) is 84.7 cm³/mol. The van der Waals surface area contributed by atoms with Gasteiger partial charge in [0.15, 0.2) is 0 Å². The van der Waals surface area contributed by atoms with Gasteiger partial charge in [0.25, 0.3) is 0 Å². The SMILES string of the molecule is CC1CC(C)CC(OCCCNCc2ccccc2)C1. The van der Waals surface area contributed by atoms with E-state index in [0.29, 0.717) is 6.10 Å². The van der Waals surface area contributed by atoms with E-state index in [9.17, 15) is 0 Å². The van der Waals surface area contributed by atoms with Crippen LogP contribution in [-0.4, -0.2) is 19.3 Å². The maximum atomic E-state index is 6.04. The molecule has 1 saturated carbocycles. The van der Waals surface area contributed by atoms with Crippen molar-refractivity contribution in [3.05, 3.63) is 35.9 Å². The summed E-state index contributed by atoms with van der Waals surface area (Å²) in [5.41, 5.74) is 1.35. The summed E-state index contributed by atoms with van der Waals surface area (Å²) in [6.07, 6.45) is 5.48. The maximum Gasteiger partial charge on any atom is 0.0580 e. The molecule has 0 bridgehead atoms. The minimum atomic E-state index is 0.503. The van der Waals surface area contributed by atoms with Gasteiger partial charge in [-0.25, -0.2) is 0 Å². The van der Waals surface area contributed by atoms with Crippen molar-refractivity contribution >= 4 is 0 Å². The number of nitrogens with one attached hydrogen (secondary N) is 1. The molecule has 1 N–H and O–H groups in total. The van der Waals surface area contributed by atoms with Crippen LogP contribution in [0.5, 0.6) is 0 Å². The van der Waals surface area contributed by atoms with Crippen molar-refractivity contribution in [3.8, 4) is 0 Å². The van der Waals surface area contributed by atoms with E-state index in [1.54, 1.807) is 0 Å². The summed E-state index contributed by atoms with van der Waals surface area (Å²) in [6.45, 7) is 7.60. The number of hydrogen-bond donors (Lipinski definition) is 1. The van der Waals surface area contributed by atoms with Crippen molar-refractivity contribution in [3.63, 3.8) is 0 Å². The van der Waals surface area contributed by atoms with Gasteiger partial charge >= 0.3 is 0 Å². The van der Waals surface area contributed by atoms with Gasteiger partial charge in [0.1, 0.15) is 0 Å². The Morgan fingerprint density at radius 2 is 1.75 bits per heavy atom. The third-order valence-corrected chi connectivity index (χ3v) is 4.16. The number of hydrogen-bond acceptors (Lipinski definition) is 2. The monoisotopic (exact) mass is 275 g/mol. The minimum Gasteiger partial charge on any atom is -0.378 e. The number of rotatable bonds is 7. The first-order valence-corrected chi connectivity index (χ1v) is 8.10. The van der Waals surface area contributed by atoms with Crippen molar-refractivity contribution in [2.45, 2.75) is 52.2 Å². The first-order valence-electron chi connectivity index (χ1n) is 8.10. The molecule has 20 heavy (non-hydrogen) atoms. The Morgan fingerprint density at radius 3 is 2.45 bits per heavy atom. The van der Waals surface area contributed by atoms with Gasteiger partial charge in [-0.2, -0.15) is 0 Å². The molecule has 0 radical (unpaired) electrons. The van der Waals surface area contributed by atoms with E-state index in [2.05, 4.69) is 49.5 Å². The first-order chi connectivity index (χ1) is 9.74. The van der Waals surface area contributed by atoms with Crippen molar-refractivity contribution in [1.29, 1.82) is 0 Å². The van der Waals surface area contributed by atoms with E-state index < -0.39 is 0 Å². The van der Waals surface area contributed by atoms with Gasteiger partial charge < -0.3 is 10.1 Å². The second-order valence-electron chi connectivity index (χ2n) is 6.43. The molecule has 2 rings (SSSR count). The van der Waals surface area contributed by atoms with E-state index in [0.717, 1.165) is 38.0 Å². The zero-order valence-corrected chi connectivity index (χ0v) is 13.0. The van der Waals surface area contributed by atoms with Gasteiger partial charge in [-0.15, -0.1) is 0 Å². The van der Waals surface area contributed by atoms with Crippen LogP contribution in [0.2, 0.25) is 0 Å². The van der Waals surface area contributed by atoms with E-state index in [1.165, 1.54) is 24.8 Å². The van der Waals surface area contributed by atoms with Crippen LogP contribution in [0.1, 0.15) is 45.1 Å². The molecule has 0 amide bonds. The molecular weight excluding hydrogens is 246 g/mol. The lowest BCUT2D eigenvalue weighted by molar-refractivity contribution is 0.000182. The molecule has 0 aromatic heterocycles. The molecule has 2 heteroatoms. The van der Waals surface area contributed by atoms with Crippen LogP contribution in [0.15, 0.2) is 30.3 Å². The van der Waals surface area contributed by atoms with Gasteiger partial charge in [0.05, 0.1) is 6.10 Å². The molecule has 1 aromatic rings. The van der Waals surface area contributed by atoms with Crippen LogP contribution in [0, 0.1) is 11.8 Å². The quantitative estimate of drug-likeness (QED) is 0.759. The highest BCUT2D eigenvalue weighted by molar-refractivity contribution is 5.14. The molecule has 0 heterocycles. The molecule has 0 saturated heterocycles. The Kier molecular flexibility index (Phi) is 6.55. The van der Waals surface area contributed by atoms with Crippen molar-refractivity contribution in [1.82, 2.24) is 5.32 Å². The first kappa shape index (κ1) is 15.5. The third-order valence-electron chi connectivity index (χ3n) is 4.16. The van der Waals surface area contributed by atoms with Crippen LogP contribution >= 0.6 is 0 Å². The Morgan fingerprint density at radius 1 is 1.05 bits per heavy atom. The van der Waals surface area contributed by atoms with E-state index >= 15 is 0 Å². The lowest BCUT2D eigenvalue weighted by Gasteiger charge is -2.31. The largest absolute Gasteiger partial charge is 0.378 e. The van der Waals surface area contributed by atoms with Crippen molar-refractivity contribution in [2.75, 3.05) is 13.2 Å². The molecule has 0 aliphatic heterocycles. The highest BCUT2D eigenvalue weighted by atomic mass is 16.5. The normalized spacial score (nSPS) is 26.6. The Bertz CT molecular complexity index is 355. The summed E-state index contributed by atoms with van der Waals surface area (Å²) in [4.78, 5) is 0. The topological polar surface area (TPSA) is 21.3 Å². The Hall–Kier alpha value is -0.860. The predicted octanol–water partition coefficient (Wildman–Crippen LogP) is 4.01. The molecule has 2 nitrogen and oxygen atoms in total. The minimum absolute atomic E-state index is 0.503. The van der Waals surface area contributed by atoms with E-state index in [1.807, 2.05) is 0 Å². The summed E-state index contributed by atoms with van der Waals surface area (Å²) in [5.74, 6) is 1.67. The molecule has 1 aliphatic rings. The fourth-order valence-corrected chi connectivity index (χ4v) is 3.28. The summed E-state index contributed by atoms with van der Waals surface area (Å²) < 4.78 is 6.04.